The smallest absolute Gasteiger partial charge is 0.308 e. The number of likely N-dealkylation sites (tertiary alicyclic amines) is 1. The second-order valence-electron chi connectivity index (χ2n) is 11.8. The van der Waals surface area contributed by atoms with Gasteiger partial charge in [-0.25, -0.2) is 4.99 Å². The Balaban J connectivity index is 0.00000867. The van der Waals surface area contributed by atoms with Gasteiger partial charge in [0, 0.05) is 26.3 Å². The number of ether oxygens (including phenoxy) is 1. The fourth-order valence-corrected chi connectivity index (χ4v) is 5.52. The summed E-state index contributed by atoms with van der Waals surface area (Å²) in [5, 5.41) is 7.97. The highest BCUT2D eigenvalue weighted by Crippen LogP contribution is 2.19. The number of nitrogens with zero attached hydrogens (tertiary/aromatic N) is 2. The van der Waals surface area contributed by atoms with E-state index in [4.69, 9.17) is 21.9 Å². The van der Waals surface area contributed by atoms with E-state index in [1.165, 1.54) is 11.8 Å². The van der Waals surface area contributed by atoms with Crippen molar-refractivity contribution >= 4 is 41.5 Å². The lowest BCUT2D eigenvalue weighted by atomic mass is 10.0. The maximum atomic E-state index is 13.5. The van der Waals surface area contributed by atoms with E-state index in [1.54, 1.807) is 24.3 Å². The predicted octanol–water partition coefficient (Wildman–Crippen LogP) is -1.03. The molecule has 272 valence electrons. The lowest BCUT2D eigenvalue weighted by molar-refractivity contribution is -0.140. The van der Waals surface area contributed by atoms with Gasteiger partial charge in [0.25, 0.3) is 0 Å². The van der Waals surface area contributed by atoms with Crippen LogP contribution in [0.15, 0.2) is 59.6 Å². The number of nitrogens with two attached hydrogens (primary N) is 3. The number of rotatable bonds is 17. The molecule has 0 unspecified atom stereocenters. The Morgan fingerprint density at radius 3 is 2.16 bits per heavy atom. The molecule has 0 aliphatic carbocycles. The second kappa shape index (κ2) is 20.1. The minimum atomic E-state index is -1.08. The molecule has 2 aromatic rings. The minimum Gasteiger partial charge on any atom is -0.427 e. The number of esters is 1. The number of carbonyl (C=O) groups excluding carboxylic acids is 6. The zero-order valence-electron chi connectivity index (χ0n) is 28.4. The largest absolute Gasteiger partial charge is 0.427 e. The molecule has 4 atom stereocenters. The molecule has 11 N–H and O–H groups in total. The van der Waals surface area contributed by atoms with E-state index in [9.17, 15) is 28.8 Å². The average molecular weight is 697 g/mol. The molecule has 1 fully saturated rings. The van der Waals surface area contributed by atoms with Crippen molar-refractivity contribution in [2.45, 2.75) is 83.0 Å². The molecule has 0 aromatic heterocycles. The van der Waals surface area contributed by atoms with Crippen LogP contribution < -0.4 is 37.9 Å². The van der Waals surface area contributed by atoms with Crippen molar-refractivity contribution in [2.24, 2.45) is 22.2 Å². The van der Waals surface area contributed by atoms with E-state index in [0.717, 1.165) is 12.0 Å². The first-order valence-electron chi connectivity index (χ1n) is 16.2. The maximum absolute atomic E-state index is 13.5. The lowest BCUT2D eigenvalue weighted by Gasteiger charge is -2.28. The van der Waals surface area contributed by atoms with Crippen molar-refractivity contribution in [1.82, 2.24) is 20.9 Å². The zero-order valence-corrected chi connectivity index (χ0v) is 28.4. The van der Waals surface area contributed by atoms with Gasteiger partial charge in [0.05, 0.1) is 6.54 Å². The van der Waals surface area contributed by atoms with Crippen LogP contribution in [0.2, 0.25) is 0 Å². The summed E-state index contributed by atoms with van der Waals surface area (Å²) in [5.41, 5.74) is 18.2. The molecule has 1 aliphatic rings. The summed E-state index contributed by atoms with van der Waals surface area (Å²) in [6.45, 7) is 3.08. The molecule has 0 spiro atoms. The lowest BCUT2D eigenvalue weighted by Crippen LogP contribution is -2.55. The summed E-state index contributed by atoms with van der Waals surface area (Å²) in [6.07, 6.45) is 2.91. The van der Waals surface area contributed by atoms with Crippen molar-refractivity contribution in [1.29, 1.82) is 0 Å². The highest BCUT2D eigenvalue weighted by Gasteiger charge is 2.37. The van der Waals surface area contributed by atoms with Gasteiger partial charge in [0.1, 0.15) is 29.9 Å². The molecule has 5 amide bonds. The molecular formula is C34H48N8O8. The first kappa shape index (κ1) is 40.7. The zero-order chi connectivity index (χ0) is 35.9. The van der Waals surface area contributed by atoms with Gasteiger partial charge in [0.2, 0.25) is 29.5 Å². The van der Waals surface area contributed by atoms with Crippen LogP contribution in [-0.2, 0) is 41.6 Å². The number of carbonyl (C=O) groups is 6. The number of nitrogens with one attached hydrogen (secondary N) is 3. The third-order valence-electron chi connectivity index (χ3n) is 7.90. The fraction of sp³-hybridized carbons (Fsp3) is 0.441. The third kappa shape index (κ3) is 12.8. The second-order valence-corrected chi connectivity index (χ2v) is 11.8. The Morgan fingerprint density at radius 1 is 0.900 bits per heavy atom. The fourth-order valence-electron chi connectivity index (χ4n) is 5.52. The number of aliphatic imine (C=N–C) groups is 1. The Hall–Kier alpha value is -5.51. The SMILES string of the molecule is CCCC[C@@H](NC(=O)[C@H](Cc1ccc(OC(C)=O)cc1)N=C(N)N)C(=O)NCC(=O)N[C@@H](Cc1ccccc1)C(=O)N1CCC[C@H]1C(N)=O.O. The maximum Gasteiger partial charge on any atom is 0.308 e. The van der Waals surface area contributed by atoms with Crippen molar-refractivity contribution in [2.75, 3.05) is 13.1 Å². The molecule has 1 saturated heterocycles. The average Bonchev–Trinajstić information content (AvgIpc) is 3.56. The van der Waals surface area contributed by atoms with Crippen molar-refractivity contribution < 1.29 is 39.0 Å². The monoisotopic (exact) mass is 696 g/mol. The summed E-state index contributed by atoms with van der Waals surface area (Å²) >= 11 is 0. The third-order valence-corrected chi connectivity index (χ3v) is 7.90. The molecule has 0 saturated carbocycles. The van der Waals surface area contributed by atoms with Gasteiger partial charge in [-0.15, -0.1) is 0 Å². The number of unbranched alkanes of at least 4 members (excludes halogenated alkanes) is 1. The number of primary amides is 1. The van der Waals surface area contributed by atoms with Crippen LogP contribution in [0, 0.1) is 0 Å². The van der Waals surface area contributed by atoms with Gasteiger partial charge in [-0.1, -0.05) is 62.2 Å². The number of benzene rings is 2. The molecule has 2 aromatic carbocycles. The topological polar surface area (TPSA) is 273 Å². The summed E-state index contributed by atoms with van der Waals surface area (Å²) < 4.78 is 5.04. The van der Waals surface area contributed by atoms with Crippen LogP contribution in [0.4, 0.5) is 0 Å². The molecular weight excluding hydrogens is 648 g/mol. The summed E-state index contributed by atoms with van der Waals surface area (Å²) in [4.78, 5) is 82.0. The van der Waals surface area contributed by atoms with Gasteiger partial charge in [-0.05, 0) is 42.5 Å². The normalized spacial score (nSPS) is 15.3. The molecule has 1 aliphatic heterocycles. The molecule has 16 heteroatoms. The number of amides is 5. The Morgan fingerprint density at radius 2 is 1.56 bits per heavy atom. The first-order chi connectivity index (χ1) is 23.4. The van der Waals surface area contributed by atoms with Gasteiger partial charge < -0.3 is 48.3 Å². The summed E-state index contributed by atoms with van der Waals surface area (Å²) in [6, 6.07) is 11.7. The highest BCUT2D eigenvalue weighted by molar-refractivity contribution is 5.95. The predicted molar refractivity (Wildman–Crippen MR) is 185 cm³/mol. The van der Waals surface area contributed by atoms with E-state index in [0.29, 0.717) is 37.1 Å². The van der Waals surface area contributed by atoms with Gasteiger partial charge in [0.15, 0.2) is 5.96 Å². The quantitative estimate of drug-likeness (QED) is 0.0510. The highest BCUT2D eigenvalue weighted by atomic mass is 16.5. The van der Waals surface area contributed by atoms with E-state index >= 15 is 0 Å². The van der Waals surface area contributed by atoms with E-state index < -0.39 is 66.2 Å². The van der Waals surface area contributed by atoms with Crippen molar-refractivity contribution in [3.63, 3.8) is 0 Å². The van der Waals surface area contributed by atoms with Crippen LogP contribution >= 0.6 is 0 Å². The molecule has 1 heterocycles. The van der Waals surface area contributed by atoms with Gasteiger partial charge in [-0.2, -0.15) is 0 Å². The van der Waals surface area contributed by atoms with E-state index in [1.807, 2.05) is 37.3 Å². The number of hydrogen-bond donors (Lipinski definition) is 6. The summed E-state index contributed by atoms with van der Waals surface area (Å²) in [7, 11) is 0. The molecule has 0 bridgehead atoms. The number of guanidine groups is 1. The Bertz CT molecular complexity index is 1500. The Kier molecular flexibility index (Phi) is 16.4. The van der Waals surface area contributed by atoms with Gasteiger partial charge >= 0.3 is 5.97 Å². The Labute approximate surface area is 290 Å². The minimum absolute atomic E-state index is 0. The van der Waals surface area contributed by atoms with Crippen molar-refractivity contribution in [3.05, 3.63) is 65.7 Å². The molecule has 16 nitrogen and oxygen atoms in total. The summed E-state index contributed by atoms with van der Waals surface area (Å²) in [5.74, 6) is -3.35. The van der Waals surface area contributed by atoms with Crippen LogP contribution in [0.3, 0.4) is 0 Å². The molecule has 50 heavy (non-hydrogen) atoms. The van der Waals surface area contributed by atoms with Crippen LogP contribution in [0.25, 0.3) is 0 Å². The molecule has 0 radical (unpaired) electrons. The van der Waals surface area contributed by atoms with E-state index in [-0.39, 0.29) is 30.7 Å². The number of hydrogen-bond acceptors (Lipinski definition) is 8. The van der Waals surface area contributed by atoms with Gasteiger partial charge in [-0.3, -0.25) is 28.8 Å². The van der Waals surface area contributed by atoms with Crippen LogP contribution in [0.5, 0.6) is 5.75 Å². The molecule has 3 rings (SSSR count). The standard InChI is InChI=1S/C34H46N8O7.H2O/c1-3-4-11-25(40-32(47)26(41-34(36)37)18-23-13-15-24(16-14-23)49-21(2)43)31(46)38-20-29(44)39-27(19-22-9-6-5-7-10-22)33(48)42-17-8-12-28(42)30(35)45;/h5-7,9-10,13-16,25-28H,3-4,8,11-12,17-20H2,1-2H3,(H2,35,45)(H,38,46)(H,39,44)(H,40,47)(H4,36,37,41);1H2/t25-,26+,27+,28+;/m1./s1. The first-order valence-corrected chi connectivity index (χ1v) is 16.2. The van der Waals surface area contributed by atoms with Crippen molar-refractivity contribution in [3.8, 4) is 5.75 Å². The van der Waals surface area contributed by atoms with E-state index in [2.05, 4.69) is 20.9 Å². The van der Waals surface area contributed by atoms with Crippen LogP contribution in [-0.4, -0.2) is 89.1 Å². The van der Waals surface area contributed by atoms with Crippen LogP contribution in [0.1, 0.15) is 57.1 Å².